The summed E-state index contributed by atoms with van der Waals surface area (Å²) in [6, 6.07) is 6.42. The van der Waals surface area contributed by atoms with Crippen molar-refractivity contribution in [3.63, 3.8) is 0 Å². The van der Waals surface area contributed by atoms with Gasteiger partial charge in [-0.1, -0.05) is 19.1 Å². The minimum absolute atomic E-state index is 0.0990. The van der Waals surface area contributed by atoms with Gasteiger partial charge in [-0.15, -0.1) is 0 Å². The highest BCUT2D eigenvalue weighted by molar-refractivity contribution is 7.89. The zero-order chi connectivity index (χ0) is 14.6. The third kappa shape index (κ3) is 3.56. The molecule has 0 unspecified atom stereocenters. The first-order valence-electron chi connectivity index (χ1n) is 6.62. The monoisotopic (exact) mass is 297 g/mol. The van der Waals surface area contributed by atoms with Gasteiger partial charge < -0.3 is 10.6 Å². The van der Waals surface area contributed by atoms with Gasteiger partial charge in [0.2, 0.25) is 15.9 Å². The van der Waals surface area contributed by atoms with Crippen LogP contribution in [0.15, 0.2) is 29.2 Å². The van der Waals surface area contributed by atoms with Crippen LogP contribution in [0.2, 0.25) is 0 Å². The summed E-state index contributed by atoms with van der Waals surface area (Å²) < 4.78 is 26.5. The molecule has 1 amide bonds. The number of hydrogen-bond acceptors (Lipinski definition) is 4. The number of sulfonamides is 1. The zero-order valence-corrected chi connectivity index (χ0v) is 12.2. The summed E-state index contributed by atoms with van der Waals surface area (Å²) >= 11 is 0. The molecule has 0 spiro atoms. The maximum Gasteiger partial charge on any atom is 0.242 e. The molecule has 1 heterocycles. The van der Waals surface area contributed by atoms with Crippen molar-refractivity contribution >= 4 is 21.6 Å². The van der Waals surface area contributed by atoms with Crippen LogP contribution in [0.5, 0.6) is 0 Å². The molecule has 6 nitrogen and oxygen atoms in total. The van der Waals surface area contributed by atoms with Gasteiger partial charge in [0, 0.05) is 13.0 Å². The summed E-state index contributed by atoms with van der Waals surface area (Å²) in [6.07, 6.45) is 0.405. The second-order valence-electron chi connectivity index (χ2n) is 4.77. The van der Waals surface area contributed by atoms with Gasteiger partial charge in [-0.2, -0.15) is 0 Å². The molecule has 1 aliphatic heterocycles. The lowest BCUT2D eigenvalue weighted by atomic mass is 9.99. The Morgan fingerprint density at radius 3 is 2.65 bits per heavy atom. The third-order valence-corrected chi connectivity index (χ3v) is 4.73. The minimum atomic E-state index is -3.58. The highest BCUT2D eigenvalue weighted by atomic mass is 32.2. The Morgan fingerprint density at radius 1 is 1.35 bits per heavy atom. The maximum atomic E-state index is 12.1. The van der Waals surface area contributed by atoms with Gasteiger partial charge >= 0.3 is 0 Å². The molecule has 0 bridgehead atoms. The van der Waals surface area contributed by atoms with E-state index in [1.807, 2.05) is 0 Å². The van der Waals surface area contributed by atoms with E-state index in [-0.39, 0.29) is 10.8 Å². The molecule has 3 N–H and O–H groups in total. The topological polar surface area (TPSA) is 87.3 Å². The van der Waals surface area contributed by atoms with Gasteiger partial charge in [0.25, 0.3) is 0 Å². The molecule has 0 aromatic heterocycles. The Balaban J connectivity index is 2.13. The van der Waals surface area contributed by atoms with E-state index in [1.54, 1.807) is 25.1 Å². The van der Waals surface area contributed by atoms with Gasteiger partial charge in [0.1, 0.15) is 4.90 Å². The quantitative estimate of drug-likeness (QED) is 0.715. The third-order valence-electron chi connectivity index (χ3n) is 3.13. The highest BCUT2D eigenvalue weighted by Crippen LogP contribution is 2.21. The molecule has 1 aliphatic rings. The lowest BCUT2D eigenvalue weighted by molar-refractivity contribution is -0.117. The molecule has 0 aliphatic carbocycles. The molecule has 110 valence electrons. The fraction of sp³-hybridized carbons (Fsp3) is 0.462. The van der Waals surface area contributed by atoms with E-state index in [0.29, 0.717) is 24.6 Å². The number of anilines is 1. The van der Waals surface area contributed by atoms with Gasteiger partial charge in [-0.05, 0) is 31.1 Å². The van der Waals surface area contributed by atoms with Gasteiger partial charge in [-0.3, -0.25) is 4.79 Å². The van der Waals surface area contributed by atoms with Crippen LogP contribution in [0.1, 0.15) is 13.3 Å². The van der Waals surface area contributed by atoms with Crippen molar-refractivity contribution in [1.82, 2.24) is 10.0 Å². The van der Waals surface area contributed by atoms with Crippen molar-refractivity contribution in [1.29, 1.82) is 0 Å². The zero-order valence-electron chi connectivity index (χ0n) is 11.3. The Kier molecular flexibility index (Phi) is 4.74. The molecule has 0 saturated carbocycles. The summed E-state index contributed by atoms with van der Waals surface area (Å²) in [5.74, 6) is 0.184. The lowest BCUT2D eigenvalue weighted by Gasteiger charge is -2.26. The summed E-state index contributed by atoms with van der Waals surface area (Å²) in [5, 5.41) is 5.79. The van der Waals surface area contributed by atoms with Crippen LogP contribution in [-0.2, 0) is 14.8 Å². The van der Waals surface area contributed by atoms with Crippen molar-refractivity contribution in [2.75, 3.05) is 25.0 Å². The van der Waals surface area contributed by atoms with Gasteiger partial charge in [-0.25, -0.2) is 13.1 Å². The van der Waals surface area contributed by atoms with Gasteiger partial charge in [0.05, 0.1) is 5.69 Å². The molecule has 0 atom stereocenters. The van der Waals surface area contributed by atoms with Crippen LogP contribution in [0.3, 0.4) is 0 Å². The van der Waals surface area contributed by atoms with Crippen LogP contribution in [0.25, 0.3) is 0 Å². The predicted molar refractivity (Wildman–Crippen MR) is 76.9 cm³/mol. The molecule has 1 saturated heterocycles. The predicted octanol–water partition coefficient (Wildman–Crippen LogP) is 0.533. The number of rotatable bonds is 6. The first kappa shape index (κ1) is 15.0. The number of nitrogens with one attached hydrogen (secondary N) is 3. The largest absolute Gasteiger partial charge is 0.325 e. The average molecular weight is 297 g/mol. The Hall–Kier alpha value is -1.44. The molecule has 7 heteroatoms. The van der Waals surface area contributed by atoms with Crippen molar-refractivity contribution in [2.24, 2.45) is 5.92 Å². The Labute approximate surface area is 119 Å². The molecule has 20 heavy (non-hydrogen) atoms. The van der Waals surface area contributed by atoms with E-state index in [0.717, 1.165) is 13.1 Å². The first-order chi connectivity index (χ1) is 9.53. The summed E-state index contributed by atoms with van der Waals surface area (Å²) in [4.78, 5) is 12.0. The second-order valence-corrected chi connectivity index (χ2v) is 6.51. The van der Waals surface area contributed by atoms with Crippen LogP contribution in [-0.4, -0.2) is 34.0 Å². The average Bonchev–Trinajstić information content (AvgIpc) is 2.34. The van der Waals surface area contributed by atoms with Crippen LogP contribution >= 0.6 is 0 Å². The number of hydrogen-bond donors (Lipinski definition) is 3. The fourth-order valence-corrected chi connectivity index (χ4v) is 3.23. The van der Waals surface area contributed by atoms with Crippen LogP contribution in [0, 0.1) is 5.92 Å². The molecule has 0 radical (unpaired) electrons. The molecule has 1 aromatic carbocycles. The van der Waals surface area contributed by atoms with E-state index in [9.17, 15) is 13.2 Å². The second kappa shape index (κ2) is 6.34. The highest BCUT2D eigenvalue weighted by Gasteiger charge is 2.22. The van der Waals surface area contributed by atoms with Crippen molar-refractivity contribution in [3.05, 3.63) is 24.3 Å². The molecule has 1 aromatic rings. The number of para-hydroxylation sites is 1. The molecule has 2 rings (SSSR count). The van der Waals surface area contributed by atoms with E-state index in [1.165, 1.54) is 6.07 Å². The standard InChI is InChI=1S/C13H19N3O3S/c1-2-15-20(18,19)12-6-4-3-5-11(12)16-13(17)7-10-8-14-9-10/h3-6,10,14-15H,2,7-9H2,1H3,(H,16,17). The van der Waals surface area contributed by atoms with Gasteiger partial charge in [0.15, 0.2) is 0 Å². The van der Waals surface area contributed by atoms with E-state index >= 15 is 0 Å². The first-order valence-corrected chi connectivity index (χ1v) is 8.10. The Bertz CT molecular complexity index is 582. The number of amides is 1. The number of carbonyl (C=O) groups excluding carboxylic acids is 1. The molecular formula is C13H19N3O3S. The van der Waals surface area contributed by atoms with Crippen LogP contribution < -0.4 is 15.4 Å². The van der Waals surface area contributed by atoms with E-state index in [2.05, 4.69) is 15.4 Å². The van der Waals surface area contributed by atoms with Crippen molar-refractivity contribution < 1.29 is 13.2 Å². The lowest BCUT2D eigenvalue weighted by Crippen LogP contribution is -2.43. The SMILES string of the molecule is CCNS(=O)(=O)c1ccccc1NC(=O)CC1CNC1. The van der Waals surface area contributed by atoms with Crippen molar-refractivity contribution in [3.8, 4) is 0 Å². The summed E-state index contributed by atoms with van der Waals surface area (Å²) in [5.41, 5.74) is 0.325. The smallest absolute Gasteiger partial charge is 0.242 e. The minimum Gasteiger partial charge on any atom is -0.325 e. The fourth-order valence-electron chi connectivity index (χ4n) is 2.03. The number of carbonyl (C=O) groups is 1. The summed E-state index contributed by atoms with van der Waals surface area (Å²) in [7, 11) is -3.58. The van der Waals surface area contributed by atoms with E-state index in [4.69, 9.17) is 0 Å². The normalized spacial score (nSPS) is 15.7. The molecular weight excluding hydrogens is 278 g/mol. The maximum absolute atomic E-state index is 12.1. The van der Waals surface area contributed by atoms with Crippen LogP contribution in [0.4, 0.5) is 5.69 Å². The molecule has 1 fully saturated rings. The van der Waals surface area contributed by atoms with Crippen molar-refractivity contribution in [2.45, 2.75) is 18.2 Å². The van der Waals surface area contributed by atoms with E-state index < -0.39 is 10.0 Å². The summed E-state index contributed by atoms with van der Waals surface area (Å²) in [6.45, 7) is 3.69. The number of benzene rings is 1. The Morgan fingerprint density at radius 2 is 2.05 bits per heavy atom.